The van der Waals surface area contributed by atoms with Crippen molar-refractivity contribution in [2.45, 2.75) is 0 Å². The molecule has 1 heterocycles. The van der Waals surface area contributed by atoms with Crippen molar-refractivity contribution in [3.8, 4) is 11.4 Å². The van der Waals surface area contributed by atoms with Gasteiger partial charge in [-0.15, -0.1) is 0 Å². The highest BCUT2D eigenvalue weighted by Crippen LogP contribution is 2.18. The second kappa shape index (κ2) is 4.24. The van der Waals surface area contributed by atoms with Gasteiger partial charge in [-0.1, -0.05) is 11.6 Å². The molecule has 0 amide bonds. The minimum absolute atomic E-state index is 0.127. The molecule has 2 rings (SSSR count). The Morgan fingerprint density at radius 3 is 2.19 bits per heavy atom. The normalized spacial score (nSPS) is 10.1. The number of halogens is 1. The summed E-state index contributed by atoms with van der Waals surface area (Å²) in [6.45, 7) is 0. The van der Waals surface area contributed by atoms with Crippen LogP contribution in [0.3, 0.4) is 0 Å². The standard InChI is InChI=1S/C10H6ClN3O2/c11-8-3-1-7(2-4-8)10-12-5-9(6-13-10)14(15)16/h1-6H. The molecule has 0 N–H and O–H groups in total. The molecule has 0 saturated heterocycles. The van der Waals surface area contributed by atoms with Crippen molar-refractivity contribution in [1.29, 1.82) is 0 Å². The summed E-state index contributed by atoms with van der Waals surface area (Å²) in [5.74, 6) is 0.433. The quantitative estimate of drug-likeness (QED) is 0.593. The van der Waals surface area contributed by atoms with Gasteiger partial charge in [-0.2, -0.15) is 0 Å². The Labute approximate surface area is 95.9 Å². The second-order valence-corrected chi connectivity index (χ2v) is 3.47. The summed E-state index contributed by atoms with van der Waals surface area (Å²) in [7, 11) is 0. The number of aromatic nitrogens is 2. The van der Waals surface area contributed by atoms with Crippen LogP contribution in [-0.4, -0.2) is 14.9 Å². The summed E-state index contributed by atoms with van der Waals surface area (Å²) in [5, 5.41) is 11.0. The molecule has 0 aliphatic heterocycles. The molecule has 6 heteroatoms. The fourth-order valence-electron chi connectivity index (χ4n) is 1.16. The smallest absolute Gasteiger partial charge is 0.258 e. The Kier molecular flexibility index (Phi) is 2.78. The molecule has 16 heavy (non-hydrogen) atoms. The van der Waals surface area contributed by atoms with Gasteiger partial charge in [0, 0.05) is 10.6 Å². The number of hydrogen-bond acceptors (Lipinski definition) is 4. The monoisotopic (exact) mass is 235 g/mol. The summed E-state index contributed by atoms with van der Waals surface area (Å²) in [6, 6.07) is 6.93. The van der Waals surface area contributed by atoms with Gasteiger partial charge < -0.3 is 0 Å². The summed E-state index contributed by atoms with van der Waals surface area (Å²) >= 11 is 5.74. The first-order chi connectivity index (χ1) is 7.66. The number of benzene rings is 1. The van der Waals surface area contributed by atoms with E-state index < -0.39 is 4.92 Å². The van der Waals surface area contributed by atoms with Crippen LogP contribution in [0, 0.1) is 10.1 Å². The molecule has 1 aromatic heterocycles. The van der Waals surface area contributed by atoms with Crippen LogP contribution in [0.1, 0.15) is 0 Å². The number of hydrogen-bond donors (Lipinski definition) is 0. The van der Waals surface area contributed by atoms with Crippen LogP contribution in [-0.2, 0) is 0 Å². The first-order valence-electron chi connectivity index (χ1n) is 4.39. The molecule has 2 aromatic rings. The lowest BCUT2D eigenvalue weighted by Crippen LogP contribution is -1.93. The highest BCUT2D eigenvalue weighted by Gasteiger charge is 2.07. The molecule has 1 aromatic carbocycles. The van der Waals surface area contributed by atoms with Crippen molar-refractivity contribution in [1.82, 2.24) is 9.97 Å². The average Bonchev–Trinajstić information content (AvgIpc) is 2.30. The lowest BCUT2D eigenvalue weighted by molar-refractivity contribution is -0.385. The molecular formula is C10H6ClN3O2. The molecule has 0 saturated carbocycles. The van der Waals surface area contributed by atoms with Crippen molar-refractivity contribution >= 4 is 17.3 Å². The Morgan fingerprint density at radius 2 is 1.69 bits per heavy atom. The van der Waals surface area contributed by atoms with Gasteiger partial charge in [0.25, 0.3) is 0 Å². The van der Waals surface area contributed by atoms with E-state index >= 15 is 0 Å². The Hall–Kier alpha value is -2.01. The largest absolute Gasteiger partial charge is 0.305 e. The topological polar surface area (TPSA) is 68.9 Å². The van der Waals surface area contributed by atoms with Crippen molar-refractivity contribution in [2.75, 3.05) is 0 Å². The fraction of sp³-hybridized carbons (Fsp3) is 0. The fourth-order valence-corrected chi connectivity index (χ4v) is 1.29. The van der Waals surface area contributed by atoms with Crippen LogP contribution in [0.25, 0.3) is 11.4 Å². The Morgan fingerprint density at radius 1 is 1.12 bits per heavy atom. The van der Waals surface area contributed by atoms with E-state index in [1.165, 1.54) is 12.4 Å². The minimum atomic E-state index is -0.536. The van der Waals surface area contributed by atoms with Crippen molar-refractivity contribution in [3.63, 3.8) is 0 Å². The second-order valence-electron chi connectivity index (χ2n) is 3.03. The van der Waals surface area contributed by atoms with Gasteiger partial charge in [-0.3, -0.25) is 10.1 Å². The molecule has 80 valence electrons. The zero-order chi connectivity index (χ0) is 11.5. The molecule has 5 nitrogen and oxygen atoms in total. The average molecular weight is 236 g/mol. The summed E-state index contributed by atoms with van der Waals surface area (Å²) < 4.78 is 0. The van der Waals surface area contributed by atoms with E-state index in [0.717, 1.165) is 5.56 Å². The molecular weight excluding hydrogens is 230 g/mol. The number of nitrogens with zero attached hydrogens (tertiary/aromatic N) is 3. The number of rotatable bonds is 2. The molecule has 0 spiro atoms. The van der Waals surface area contributed by atoms with Crippen LogP contribution >= 0.6 is 11.6 Å². The predicted octanol–water partition coefficient (Wildman–Crippen LogP) is 2.71. The Balaban J connectivity index is 2.34. The predicted molar refractivity (Wildman–Crippen MR) is 59.1 cm³/mol. The molecule has 0 aliphatic rings. The number of nitro groups is 1. The van der Waals surface area contributed by atoms with E-state index in [2.05, 4.69) is 9.97 Å². The van der Waals surface area contributed by atoms with E-state index in [4.69, 9.17) is 11.6 Å². The van der Waals surface area contributed by atoms with Gasteiger partial charge >= 0.3 is 5.69 Å². The lowest BCUT2D eigenvalue weighted by Gasteiger charge is -1.98. The SMILES string of the molecule is O=[N+]([O-])c1cnc(-c2ccc(Cl)cc2)nc1. The minimum Gasteiger partial charge on any atom is -0.258 e. The molecule has 0 fully saturated rings. The first kappa shape index (κ1) is 10.5. The van der Waals surface area contributed by atoms with Gasteiger partial charge in [-0.25, -0.2) is 9.97 Å². The van der Waals surface area contributed by atoms with E-state index in [0.29, 0.717) is 10.8 Å². The molecule has 0 aliphatic carbocycles. The van der Waals surface area contributed by atoms with Gasteiger partial charge in [0.2, 0.25) is 0 Å². The van der Waals surface area contributed by atoms with Gasteiger partial charge in [0.05, 0.1) is 4.92 Å². The van der Waals surface area contributed by atoms with Crippen LogP contribution in [0.4, 0.5) is 5.69 Å². The van der Waals surface area contributed by atoms with Crippen molar-refractivity contribution in [3.05, 3.63) is 51.8 Å². The van der Waals surface area contributed by atoms with Gasteiger partial charge in [0.15, 0.2) is 5.82 Å². The third-order valence-corrected chi connectivity index (χ3v) is 2.20. The maximum Gasteiger partial charge on any atom is 0.305 e. The van der Waals surface area contributed by atoms with Gasteiger partial charge in [0.1, 0.15) is 12.4 Å². The third kappa shape index (κ3) is 2.14. The maximum atomic E-state index is 10.4. The molecule has 0 bridgehead atoms. The molecule has 0 radical (unpaired) electrons. The van der Waals surface area contributed by atoms with Crippen LogP contribution < -0.4 is 0 Å². The van der Waals surface area contributed by atoms with Crippen LogP contribution in [0.15, 0.2) is 36.7 Å². The Bertz CT molecular complexity index is 511. The van der Waals surface area contributed by atoms with E-state index in [9.17, 15) is 10.1 Å². The van der Waals surface area contributed by atoms with E-state index in [1.54, 1.807) is 24.3 Å². The van der Waals surface area contributed by atoms with Crippen molar-refractivity contribution in [2.24, 2.45) is 0 Å². The lowest BCUT2D eigenvalue weighted by atomic mass is 10.2. The summed E-state index contributed by atoms with van der Waals surface area (Å²) in [5.41, 5.74) is 0.636. The highest BCUT2D eigenvalue weighted by atomic mass is 35.5. The zero-order valence-electron chi connectivity index (χ0n) is 8.00. The molecule has 0 atom stereocenters. The maximum absolute atomic E-state index is 10.4. The first-order valence-corrected chi connectivity index (χ1v) is 4.77. The molecule has 0 unspecified atom stereocenters. The van der Waals surface area contributed by atoms with E-state index in [-0.39, 0.29) is 5.69 Å². The van der Waals surface area contributed by atoms with Crippen molar-refractivity contribution < 1.29 is 4.92 Å². The summed E-state index contributed by atoms with van der Waals surface area (Å²) in [4.78, 5) is 17.7. The van der Waals surface area contributed by atoms with Crippen LogP contribution in [0.2, 0.25) is 5.02 Å². The van der Waals surface area contributed by atoms with Gasteiger partial charge in [-0.05, 0) is 24.3 Å². The van der Waals surface area contributed by atoms with Crippen LogP contribution in [0.5, 0.6) is 0 Å². The van der Waals surface area contributed by atoms with E-state index in [1.807, 2.05) is 0 Å². The summed E-state index contributed by atoms with van der Waals surface area (Å²) in [6.07, 6.45) is 2.36. The zero-order valence-corrected chi connectivity index (χ0v) is 8.76. The third-order valence-electron chi connectivity index (χ3n) is 1.95. The highest BCUT2D eigenvalue weighted by molar-refractivity contribution is 6.30.